The summed E-state index contributed by atoms with van der Waals surface area (Å²) < 4.78 is 2.59. The number of nitrogens with zero attached hydrogens (tertiary/aromatic N) is 3. The van der Waals surface area contributed by atoms with Crippen LogP contribution in [0.5, 0.6) is 0 Å². The first-order valence-electron chi connectivity index (χ1n) is 8.43. The number of benzene rings is 1. The van der Waals surface area contributed by atoms with Gasteiger partial charge in [0.2, 0.25) is 5.91 Å². The smallest absolute Gasteiger partial charge is 0.244 e. The van der Waals surface area contributed by atoms with Crippen molar-refractivity contribution in [2.45, 2.75) is 6.54 Å². The molecule has 3 aromatic rings. The third kappa shape index (κ3) is 5.49. The number of nitrogens with one attached hydrogen (secondary N) is 1. The first kappa shape index (κ1) is 18.8. The highest BCUT2D eigenvalue weighted by atomic mass is 79.9. The maximum Gasteiger partial charge on any atom is 0.244 e. The van der Waals surface area contributed by atoms with Crippen LogP contribution < -0.4 is 5.32 Å². The van der Waals surface area contributed by atoms with E-state index in [2.05, 4.69) is 44.9 Å². The van der Waals surface area contributed by atoms with E-state index >= 15 is 0 Å². The van der Waals surface area contributed by atoms with Crippen molar-refractivity contribution in [2.75, 3.05) is 6.54 Å². The maximum absolute atomic E-state index is 12.0. The summed E-state index contributed by atoms with van der Waals surface area (Å²) in [5, 5.41) is 7.45. The van der Waals surface area contributed by atoms with Gasteiger partial charge in [-0.3, -0.25) is 14.5 Å². The quantitative estimate of drug-likeness (QED) is 0.584. The fourth-order valence-corrected chi connectivity index (χ4v) is 2.69. The van der Waals surface area contributed by atoms with Crippen molar-refractivity contribution < 1.29 is 4.79 Å². The SMILES string of the molecule is C=C(Br)CNC(=O)/C=C/c1cn(Cc2ccccc2)nc1-c1cccnc1. The molecule has 0 saturated carbocycles. The number of aromatic nitrogens is 3. The van der Waals surface area contributed by atoms with E-state index in [1.807, 2.05) is 41.2 Å². The van der Waals surface area contributed by atoms with Gasteiger partial charge < -0.3 is 5.32 Å². The first-order valence-corrected chi connectivity index (χ1v) is 9.22. The van der Waals surface area contributed by atoms with Crippen molar-refractivity contribution in [3.63, 3.8) is 0 Å². The second-order valence-corrected chi connectivity index (χ2v) is 7.05. The lowest BCUT2D eigenvalue weighted by atomic mass is 10.1. The average molecular weight is 423 g/mol. The van der Waals surface area contributed by atoms with Gasteiger partial charge in [0.05, 0.1) is 6.54 Å². The highest BCUT2D eigenvalue weighted by molar-refractivity contribution is 9.11. The molecular weight excluding hydrogens is 404 g/mol. The summed E-state index contributed by atoms with van der Waals surface area (Å²) in [6, 6.07) is 13.9. The van der Waals surface area contributed by atoms with Crippen molar-refractivity contribution in [1.29, 1.82) is 0 Å². The third-order valence-electron chi connectivity index (χ3n) is 3.78. The highest BCUT2D eigenvalue weighted by Crippen LogP contribution is 2.23. The zero-order valence-corrected chi connectivity index (χ0v) is 16.3. The normalized spacial score (nSPS) is 10.9. The van der Waals surface area contributed by atoms with Crippen molar-refractivity contribution in [2.24, 2.45) is 0 Å². The molecule has 0 aliphatic heterocycles. The largest absolute Gasteiger partial charge is 0.348 e. The number of hydrogen-bond donors (Lipinski definition) is 1. The van der Waals surface area contributed by atoms with Crippen LogP contribution in [-0.4, -0.2) is 27.2 Å². The van der Waals surface area contributed by atoms with Gasteiger partial charge in [-0.1, -0.05) is 52.8 Å². The van der Waals surface area contributed by atoms with Crippen LogP contribution in [0.2, 0.25) is 0 Å². The minimum Gasteiger partial charge on any atom is -0.348 e. The molecule has 136 valence electrons. The van der Waals surface area contributed by atoms with Crippen LogP contribution in [0.4, 0.5) is 0 Å². The lowest BCUT2D eigenvalue weighted by Gasteiger charge is -2.01. The standard InChI is InChI=1S/C21H19BrN4O/c1-16(22)12-24-20(27)10-9-19-15-26(14-17-6-3-2-4-7-17)25-21(19)18-8-5-11-23-13-18/h2-11,13,15H,1,12,14H2,(H,24,27)/b10-9+. The topological polar surface area (TPSA) is 59.8 Å². The van der Waals surface area contributed by atoms with E-state index in [4.69, 9.17) is 5.10 Å². The second kappa shape index (κ2) is 9.09. The molecule has 1 aromatic carbocycles. The van der Waals surface area contributed by atoms with Gasteiger partial charge in [-0.2, -0.15) is 5.10 Å². The van der Waals surface area contributed by atoms with Gasteiger partial charge in [0, 0.05) is 46.8 Å². The highest BCUT2D eigenvalue weighted by Gasteiger charge is 2.10. The Labute approximate surface area is 166 Å². The molecular formula is C21H19BrN4O. The molecule has 0 bridgehead atoms. The molecule has 5 nitrogen and oxygen atoms in total. The zero-order valence-electron chi connectivity index (χ0n) is 14.7. The number of halogens is 1. The molecule has 0 spiro atoms. The molecule has 0 saturated heterocycles. The zero-order chi connectivity index (χ0) is 19.1. The van der Waals surface area contributed by atoms with Crippen LogP contribution in [0.25, 0.3) is 17.3 Å². The van der Waals surface area contributed by atoms with Gasteiger partial charge in [-0.05, 0) is 23.8 Å². The average Bonchev–Trinajstić information content (AvgIpc) is 3.09. The first-order chi connectivity index (χ1) is 13.1. The number of hydrogen-bond acceptors (Lipinski definition) is 3. The summed E-state index contributed by atoms with van der Waals surface area (Å²) in [7, 11) is 0. The van der Waals surface area contributed by atoms with E-state index in [0.717, 1.165) is 26.9 Å². The monoisotopic (exact) mass is 422 g/mol. The Kier molecular flexibility index (Phi) is 6.33. The predicted octanol–water partition coefficient (Wildman–Crippen LogP) is 4.03. The van der Waals surface area contributed by atoms with Crippen LogP contribution in [-0.2, 0) is 11.3 Å². The lowest BCUT2D eigenvalue weighted by molar-refractivity contribution is -0.116. The molecule has 0 aliphatic rings. The fourth-order valence-electron chi connectivity index (χ4n) is 2.54. The predicted molar refractivity (Wildman–Crippen MR) is 111 cm³/mol. The van der Waals surface area contributed by atoms with Crippen LogP contribution >= 0.6 is 15.9 Å². The summed E-state index contributed by atoms with van der Waals surface area (Å²) in [5.41, 5.74) is 3.69. The molecule has 3 rings (SSSR count). The molecule has 6 heteroatoms. The molecule has 27 heavy (non-hydrogen) atoms. The fraction of sp³-hybridized carbons (Fsp3) is 0.0952. The number of carbonyl (C=O) groups excluding carboxylic acids is 1. The Bertz CT molecular complexity index is 949. The van der Waals surface area contributed by atoms with Gasteiger partial charge in [0.25, 0.3) is 0 Å². The van der Waals surface area contributed by atoms with E-state index < -0.39 is 0 Å². The lowest BCUT2D eigenvalue weighted by Crippen LogP contribution is -2.21. The van der Waals surface area contributed by atoms with Crippen molar-refractivity contribution in [3.8, 4) is 11.3 Å². The number of carbonyl (C=O) groups is 1. The Balaban J connectivity index is 1.86. The molecule has 2 heterocycles. The van der Waals surface area contributed by atoms with Crippen molar-refractivity contribution in [1.82, 2.24) is 20.1 Å². The minimum absolute atomic E-state index is 0.191. The van der Waals surface area contributed by atoms with E-state index in [1.54, 1.807) is 18.5 Å². The maximum atomic E-state index is 12.0. The van der Waals surface area contributed by atoms with Crippen LogP contribution in [0.15, 0.2) is 78.2 Å². The summed E-state index contributed by atoms with van der Waals surface area (Å²) in [6.45, 7) is 4.73. The van der Waals surface area contributed by atoms with Crippen molar-refractivity contribution >= 4 is 27.9 Å². The number of pyridine rings is 1. The van der Waals surface area contributed by atoms with Crippen LogP contribution in [0.3, 0.4) is 0 Å². The Hall–Kier alpha value is -2.99. The molecule has 2 aromatic heterocycles. The van der Waals surface area contributed by atoms with E-state index in [9.17, 15) is 4.79 Å². The third-order valence-corrected chi connectivity index (χ3v) is 4.06. The van der Waals surface area contributed by atoms with Gasteiger partial charge in [0.15, 0.2) is 0 Å². The van der Waals surface area contributed by atoms with Gasteiger partial charge in [-0.25, -0.2) is 0 Å². The molecule has 1 N–H and O–H groups in total. The Morgan fingerprint density at radius 2 is 2.04 bits per heavy atom. The molecule has 0 unspecified atom stereocenters. The van der Waals surface area contributed by atoms with E-state index in [0.29, 0.717) is 13.1 Å². The summed E-state index contributed by atoms with van der Waals surface area (Å²) in [4.78, 5) is 16.1. The van der Waals surface area contributed by atoms with Crippen molar-refractivity contribution in [3.05, 3.63) is 89.3 Å². The van der Waals surface area contributed by atoms with Gasteiger partial charge >= 0.3 is 0 Å². The summed E-state index contributed by atoms with van der Waals surface area (Å²) in [5.74, 6) is -0.191. The van der Waals surface area contributed by atoms with Crippen LogP contribution in [0.1, 0.15) is 11.1 Å². The Morgan fingerprint density at radius 3 is 2.74 bits per heavy atom. The van der Waals surface area contributed by atoms with Gasteiger partial charge in [-0.15, -0.1) is 0 Å². The molecule has 1 amide bonds. The second-order valence-electron chi connectivity index (χ2n) is 5.93. The number of rotatable bonds is 7. The summed E-state index contributed by atoms with van der Waals surface area (Å²) >= 11 is 3.22. The molecule has 0 atom stereocenters. The summed E-state index contributed by atoms with van der Waals surface area (Å²) in [6.07, 6.45) is 8.69. The van der Waals surface area contributed by atoms with Crippen LogP contribution in [0, 0.1) is 0 Å². The molecule has 0 fully saturated rings. The minimum atomic E-state index is -0.191. The van der Waals surface area contributed by atoms with Gasteiger partial charge in [0.1, 0.15) is 5.69 Å². The van der Waals surface area contributed by atoms with E-state index in [1.165, 1.54) is 6.08 Å². The molecule has 0 aliphatic carbocycles. The number of amides is 1. The molecule has 0 radical (unpaired) electrons. The Morgan fingerprint density at radius 1 is 1.22 bits per heavy atom. The van der Waals surface area contributed by atoms with E-state index in [-0.39, 0.29) is 5.91 Å².